The van der Waals surface area contributed by atoms with E-state index in [1.165, 1.54) is 6.07 Å². The maximum absolute atomic E-state index is 10.8. The molecule has 1 aromatic rings. The van der Waals surface area contributed by atoms with Crippen LogP contribution in [0.3, 0.4) is 0 Å². The van der Waals surface area contributed by atoms with Gasteiger partial charge in [0.05, 0.1) is 5.56 Å². The highest BCUT2D eigenvalue weighted by Gasteiger charge is 2.27. The number of aliphatic carboxylic acids is 1. The summed E-state index contributed by atoms with van der Waals surface area (Å²) in [5.41, 5.74) is 6.16. The third-order valence-corrected chi connectivity index (χ3v) is 2.92. The number of carbonyl (C=O) groups excluding carboxylic acids is 1. The van der Waals surface area contributed by atoms with E-state index in [0.717, 1.165) is 0 Å². The summed E-state index contributed by atoms with van der Waals surface area (Å²) in [6.07, 6.45) is 0.597. The Balaban J connectivity index is 2.45. The van der Waals surface area contributed by atoms with Crippen molar-refractivity contribution in [2.24, 2.45) is 5.73 Å². The molecule has 1 unspecified atom stereocenters. The van der Waals surface area contributed by atoms with Crippen LogP contribution in [-0.4, -0.2) is 30.2 Å². The summed E-state index contributed by atoms with van der Waals surface area (Å²) in [5.74, 6) is -0.568. The number of nitrogens with two attached hydrogens (primary N) is 1. The molecule has 0 amide bonds. The molecule has 0 spiro atoms. The van der Waals surface area contributed by atoms with Gasteiger partial charge >= 0.3 is 5.97 Å². The van der Waals surface area contributed by atoms with Crippen LogP contribution in [0.5, 0.6) is 11.5 Å². The molecule has 1 aromatic carbocycles. The van der Waals surface area contributed by atoms with Crippen molar-refractivity contribution in [1.82, 2.24) is 0 Å². The summed E-state index contributed by atoms with van der Waals surface area (Å²) in [6.45, 7) is -0.0359. The predicted octanol–water partition coefficient (Wildman–Crippen LogP) is 0.836. The molecular weight excluding hydrogens is 262 g/mol. The van der Waals surface area contributed by atoms with Crippen LogP contribution in [-0.2, 0) is 11.2 Å². The zero-order valence-corrected chi connectivity index (χ0v) is 9.94. The second kappa shape index (κ2) is 4.83. The van der Waals surface area contributed by atoms with Crippen molar-refractivity contribution in [3.05, 3.63) is 22.2 Å². The molecule has 0 bridgehead atoms. The largest absolute Gasteiger partial charge is 0.480 e. The van der Waals surface area contributed by atoms with Crippen molar-refractivity contribution >= 4 is 23.9 Å². The maximum Gasteiger partial charge on any atom is 0.320 e. The Morgan fingerprint density at radius 2 is 2.22 bits per heavy atom. The highest BCUT2D eigenvalue weighted by molar-refractivity contribution is 6.32. The van der Waals surface area contributed by atoms with E-state index < -0.39 is 12.0 Å². The first-order valence-corrected chi connectivity index (χ1v) is 5.47. The van der Waals surface area contributed by atoms with Crippen molar-refractivity contribution < 1.29 is 24.2 Å². The van der Waals surface area contributed by atoms with Gasteiger partial charge in [-0.1, -0.05) is 11.6 Å². The zero-order valence-electron chi connectivity index (χ0n) is 9.18. The molecule has 1 aliphatic rings. The number of aldehydes is 1. The SMILES string of the molecule is NC(Cc1c(Cl)cc(C=O)c2c1OCO2)C(=O)O. The molecule has 0 aliphatic carbocycles. The highest BCUT2D eigenvalue weighted by atomic mass is 35.5. The quantitative estimate of drug-likeness (QED) is 0.787. The van der Waals surface area contributed by atoms with E-state index in [9.17, 15) is 9.59 Å². The molecule has 7 heteroatoms. The van der Waals surface area contributed by atoms with Crippen LogP contribution in [0.2, 0.25) is 5.02 Å². The van der Waals surface area contributed by atoms with Crippen molar-refractivity contribution in [1.29, 1.82) is 0 Å². The van der Waals surface area contributed by atoms with Gasteiger partial charge in [0.2, 0.25) is 6.79 Å². The lowest BCUT2D eigenvalue weighted by Gasteiger charge is -2.12. The number of halogens is 1. The molecule has 0 saturated heterocycles. The van der Waals surface area contributed by atoms with E-state index >= 15 is 0 Å². The fourth-order valence-electron chi connectivity index (χ4n) is 1.70. The van der Waals surface area contributed by atoms with Gasteiger partial charge < -0.3 is 20.3 Å². The van der Waals surface area contributed by atoms with E-state index in [1.54, 1.807) is 0 Å². The van der Waals surface area contributed by atoms with Gasteiger partial charge in [-0.2, -0.15) is 0 Å². The van der Waals surface area contributed by atoms with E-state index in [2.05, 4.69) is 0 Å². The zero-order chi connectivity index (χ0) is 13.3. The van der Waals surface area contributed by atoms with Gasteiger partial charge in [0.1, 0.15) is 6.04 Å². The number of carboxylic acids is 1. The number of benzene rings is 1. The van der Waals surface area contributed by atoms with Crippen molar-refractivity contribution in [2.75, 3.05) is 6.79 Å². The minimum Gasteiger partial charge on any atom is -0.480 e. The number of hydrogen-bond donors (Lipinski definition) is 2. The van der Waals surface area contributed by atoms with Crippen LogP contribution in [0.4, 0.5) is 0 Å². The Labute approximate surface area is 107 Å². The van der Waals surface area contributed by atoms with Crippen LogP contribution in [0.1, 0.15) is 15.9 Å². The summed E-state index contributed by atoms with van der Waals surface area (Å²) < 4.78 is 10.4. The molecular formula is C11H10ClNO5. The fourth-order valence-corrected chi connectivity index (χ4v) is 1.98. The lowest BCUT2D eigenvalue weighted by Crippen LogP contribution is -2.32. The summed E-state index contributed by atoms with van der Waals surface area (Å²) in [6, 6.07) is 0.310. The predicted molar refractivity (Wildman–Crippen MR) is 62.3 cm³/mol. The standard InChI is InChI=1S/C11H10ClNO5/c12-7-1-5(3-14)9-10(18-4-17-9)6(7)2-8(13)11(15)16/h1,3,8H,2,4,13H2,(H,15,16). The molecule has 1 heterocycles. The van der Waals surface area contributed by atoms with E-state index in [-0.39, 0.29) is 29.5 Å². The summed E-state index contributed by atoms with van der Waals surface area (Å²) in [5, 5.41) is 9.02. The molecule has 3 N–H and O–H groups in total. The molecule has 2 rings (SSSR count). The molecule has 6 nitrogen and oxygen atoms in total. The number of hydrogen-bond acceptors (Lipinski definition) is 5. The first-order valence-electron chi connectivity index (χ1n) is 5.09. The number of rotatable bonds is 4. The average molecular weight is 272 g/mol. The average Bonchev–Trinajstić information content (AvgIpc) is 2.80. The smallest absolute Gasteiger partial charge is 0.320 e. The van der Waals surface area contributed by atoms with Crippen LogP contribution in [0.25, 0.3) is 0 Å². The lowest BCUT2D eigenvalue weighted by atomic mass is 10.0. The van der Waals surface area contributed by atoms with Crippen LogP contribution >= 0.6 is 11.6 Å². The molecule has 96 valence electrons. The van der Waals surface area contributed by atoms with Gasteiger partial charge in [0.15, 0.2) is 17.8 Å². The van der Waals surface area contributed by atoms with E-state index in [1.807, 2.05) is 0 Å². The van der Waals surface area contributed by atoms with Gasteiger partial charge in [-0.25, -0.2) is 0 Å². The Morgan fingerprint density at radius 1 is 1.56 bits per heavy atom. The highest BCUT2D eigenvalue weighted by Crippen LogP contribution is 2.42. The third-order valence-electron chi connectivity index (χ3n) is 2.59. The lowest BCUT2D eigenvalue weighted by molar-refractivity contribution is -0.138. The van der Waals surface area contributed by atoms with Crippen molar-refractivity contribution in [3.8, 4) is 11.5 Å². The number of ether oxygens (including phenoxy) is 2. The topological polar surface area (TPSA) is 98.9 Å². The summed E-state index contributed by atoms with van der Waals surface area (Å²) >= 11 is 6.00. The Bertz CT molecular complexity index is 517. The molecule has 1 aliphatic heterocycles. The molecule has 0 aromatic heterocycles. The summed E-state index contributed by atoms with van der Waals surface area (Å²) in [4.78, 5) is 21.6. The Kier molecular flexibility index (Phi) is 3.40. The van der Waals surface area contributed by atoms with Gasteiger partial charge in [0.25, 0.3) is 0 Å². The fraction of sp³-hybridized carbons (Fsp3) is 0.273. The van der Waals surface area contributed by atoms with Gasteiger partial charge in [0, 0.05) is 17.0 Å². The maximum atomic E-state index is 10.8. The van der Waals surface area contributed by atoms with Crippen molar-refractivity contribution in [2.45, 2.75) is 12.5 Å². The third kappa shape index (κ3) is 2.12. The van der Waals surface area contributed by atoms with E-state index in [0.29, 0.717) is 17.6 Å². The second-order valence-corrected chi connectivity index (χ2v) is 4.16. The van der Waals surface area contributed by atoms with Crippen LogP contribution in [0.15, 0.2) is 6.07 Å². The minimum absolute atomic E-state index is 0.000995. The van der Waals surface area contributed by atoms with Crippen LogP contribution < -0.4 is 15.2 Å². The van der Waals surface area contributed by atoms with Crippen LogP contribution in [0, 0.1) is 0 Å². The Hall–Kier alpha value is -1.79. The monoisotopic (exact) mass is 271 g/mol. The first kappa shape index (κ1) is 12.7. The van der Waals surface area contributed by atoms with Crippen molar-refractivity contribution in [3.63, 3.8) is 0 Å². The molecule has 18 heavy (non-hydrogen) atoms. The molecule has 0 radical (unpaired) electrons. The normalized spacial score (nSPS) is 14.3. The minimum atomic E-state index is -1.14. The Morgan fingerprint density at radius 3 is 2.83 bits per heavy atom. The second-order valence-electron chi connectivity index (χ2n) is 3.76. The van der Waals surface area contributed by atoms with Gasteiger partial charge in [-0.3, -0.25) is 9.59 Å². The van der Waals surface area contributed by atoms with E-state index in [4.69, 9.17) is 31.9 Å². The molecule has 1 atom stereocenters. The van der Waals surface area contributed by atoms with Gasteiger partial charge in [-0.05, 0) is 6.07 Å². The number of fused-ring (bicyclic) bond motifs is 1. The summed E-state index contributed by atoms with van der Waals surface area (Å²) in [7, 11) is 0. The van der Waals surface area contributed by atoms with Gasteiger partial charge in [-0.15, -0.1) is 0 Å². The molecule has 0 fully saturated rings. The number of carboxylic acid groups (broad SMARTS) is 1. The molecule has 0 saturated carbocycles. The number of carbonyl (C=O) groups is 2. The first-order chi connectivity index (χ1) is 8.54.